The van der Waals surface area contributed by atoms with Gasteiger partial charge in [0.2, 0.25) is 0 Å². The van der Waals surface area contributed by atoms with Crippen molar-refractivity contribution in [2.45, 2.75) is 11.5 Å². The maximum Gasteiger partial charge on any atom is 0.0337 e. The van der Waals surface area contributed by atoms with E-state index in [1.807, 2.05) is 6.07 Å². The van der Waals surface area contributed by atoms with Gasteiger partial charge in [-0.15, -0.1) is 0 Å². The van der Waals surface area contributed by atoms with Gasteiger partial charge in [0.15, 0.2) is 0 Å². The quantitative estimate of drug-likeness (QED) is 0.760. The number of rotatable bonds is 4. The predicted octanol–water partition coefficient (Wildman–Crippen LogP) is 4.46. The van der Waals surface area contributed by atoms with Crippen LogP contribution in [0.2, 0.25) is 0 Å². The van der Waals surface area contributed by atoms with Gasteiger partial charge in [0.1, 0.15) is 0 Å². The molecular weight excluding hydrogens is 231 g/mol. The van der Waals surface area contributed by atoms with Gasteiger partial charge in [0.25, 0.3) is 0 Å². The highest BCUT2D eigenvalue weighted by atomic mass is 35.7. The molecule has 0 atom stereocenters. The normalized spacial score (nSPS) is 10.2. The lowest BCUT2D eigenvalue weighted by molar-refractivity contribution is 1.34. The minimum atomic E-state index is 0.850. The first-order valence-electron chi connectivity index (χ1n) is 3.41. The molecule has 0 heterocycles. The standard InChI is InChI=1S/C8H8Cl2S2/c9-11-5-7-2-1-3-8(4-7)6-12-10/h1-4H,5-6H2. The Morgan fingerprint density at radius 2 is 1.50 bits per heavy atom. The van der Waals surface area contributed by atoms with E-state index in [4.69, 9.17) is 21.4 Å². The highest BCUT2D eigenvalue weighted by Crippen LogP contribution is 2.20. The van der Waals surface area contributed by atoms with E-state index in [1.165, 1.54) is 33.1 Å². The molecule has 0 N–H and O–H groups in total. The summed E-state index contributed by atoms with van der Waals surface area (Å²) in [6, 6.07) is 8.30. The SMILES string of the molecule is ClSCc1cccc(CSCl)c1. The van der Waals surface area contributed by atoms with Crippen LogP contribution >= 0.6 is 43.3 Å². The average Bonchev–Trinajstić information content (AvgIpc) is 2.06. The molecule has 0 bridgehead atoms. The van der Waals surface area contributed by atoms with Crippen LogP contribution in [0.15, 0.2) is 24.3 Å². The van der Waals surface area contributed by atoms with E-state index in [0.29, 0.717) is 0 Å². The fourth-order valence-electron chi connectivity index (χ4n) is 0.935. The van der Waals surface area contributed by atoms with E-state index in [9.17, 15) is 0 Å². The molecule has 0 saturated heterocycles. The number of benzene rings is 1. The van der Waals surface area contributed by atoms with E-state index >= 15 is 0 Å². The summed E-state index contributed by atoms with van der Waals surface area (Å²) < 4.78 is 0. The minimum Gasteiger partial charge on any atom is -0.0617 e. The van der Waals surface area contributed by atoms with Crippen molar-refractivity contribution in [3.8, 4) is 0 Å². The molecule has 0 fully saturated rings. The molecule has 0 aromatic heterocycles. The second-order valence-electron chi connectivity index (χ2n) is 2.33. The van der Waals surface area contributed by atoms with Gasteiger partial charge in [-0.05, 0) is 32.5 Å². The monoisotopic (exact) mass is 238 g/mol. The van der Waals surface area contributed by atoms with E-state index in [0.717, 1.165) is 11.5 Å². The lowest BCUT2D eigenvalue weighted by Crippen LogP contribution is -1.82. The topological polar surface area (TPSA) is 0 Å². The van der Waals surface area contributed by atoms with Gasteiger partial charge in [-0.1, -0.05) is 46.2 Å². The molecule has 1 aromatic carbocycles. The van der Waals surface area contributed by atoms with Crippen LogP contribution in [-0.4, -0.2) is 0 Å². The van der Waals surface area contributed by atoms with E-state index in [1.54, 1.807) is 0 Å². The molecule has 0 aliphatic carbocycles. The predicted molar refractivity (Wildman–Crippen MR) is 60.7 cm³/mol. The van der Waals surface area contributed by atoms with Crippen LogP contribution in [-0.2, 0) is 11.5 Å². The highest BCUT2D eigenvalue weighted by molar-refractivity contribution is 8.20. The summed E-state index contributed by atoms with van der Waals surface area (Å²) in [4.78, 5) is 0. The molecule has 0 saturated carbocycles. The van der Waals surface area contributed by atoms with Gasteiger partial charge in [0, 0.05) is 11.5 Å². The van der Waals surface area contributed by atoms with Gasteiger partial charge in [0.05, 0.1) is 0 Å². The Morgan fingerprint density at radius 3 is 1.92 bits per heavy atom. The maximum atomic E-state index is 5.55. The van der Waals surface area contributed by atoms with Crippen molar-refractivity contribution in [1.29, 1.82) is 0 Å². The lowest BCUT2D eigenvalue weighted by Gasteiger charge is -2.00. The number of hydrogen-bond acceptors (Lipinski definition) is 2. The summed E-state index contributed by atoms with van der Waals surface area (Å²) >= 11 is 0. The fourth-order valence-corrected chi connectivity index (χ4v) is 2.30. The van der Waals surface area contributed by atoms with Gasteiger partial charge in [-0.2, -0.15) is 0 Å². The molecule has 0 spiro atoms. The fraction of sp³-hybridized carbons (Fsp3) is 0.250. The summed E-state index contributed by atoms with van der Waals surface area (Å²) in [5.41, 5.74) is 2.50. The number of halogens is 2. The van der Waals surface area contributed by atoms with Crippen molar-refractivity contribution in [2.75, 3.05) is 0 Å². The highest BCUT2D eigenvalue weighted by Gasteiger charge is 1.95. The average molecular weight is 239 g/mol. The number of hydrogen-bond donors (Lipinski definition) is 0. The Labute approximate surface area is 90.0 Å². The Bertz CT molecular complexity index is 219. The summed E-state index contributed by atoms with van der Waals surface area (Å²) in [6.45, 7) is 0. The molecule has 66 valence electrons. The first-order valence-corrected chi connectivity index (χ1v) is 7.04. The third-order valence-electron chi connectivity index (χ3n) is 1.43. The Balaban J connectivity index is 2.67. The second-order valence-corrected chi connectivity index (χ2v) is 4.65. The summed E-state index contributed by atoms with van der Waals surface area (Å²) in [5, 5.41) is 0. The molecule has 12 heavy (non-hydrogen) atoms. The van der Waals surface area contributed by atoms with Crippen LogP contribution < -0.4 is 0 Å². The minimum absolute atomic E-state index is 0.850. The van der Waals surface area contributed by atoms with E-state index in [2.05, 4.69) is 18.2 Å². The van der Waals surface area contributed by atoms with Gasteiger partial charge >= 0.3 is 0 Å². The largest absolute Gasteiger partial charge is 0.0617 e. The van der Waals surface area contributed by atoms with Crippen LogP contribution in [0.3, 0.4) is 0 Å². The Hall–Kier alpha value is 0.500. The molecule has 4 heteroatoms. The summed E-state index contributed by atoms with van der Waals surface area (Å²) in [5.74, 6) is 1.70. The van der Waals surface area contributed by atoms with Crippen molar-refractivity contribution >= 4 is 43.3 Å². The smallest absolute Gasteiger partial charge is 0.0337 e. The van der Waals surface area contributed by atoms with Crippen molar-refractivity contribution in [3.63, 3.8) is 0 Å². The zero-order valence-electron chi connectivity index (χ0n) is 6.30. The van der Waals surface area contributed by atoms with Gasteiger partial charge in [-0.3, -0.25) is 0 Å². The summed E-state index contributed by atoms with van der Waals surface area (Å²) in [7, 11) is 13.7. The second kappa shape index (κ2) is 6.03. The van der Waals surface area contributed by atoms with Crippen LogP contribution in [0.5, 0.6) is 0 Å². The van der Waals surface area contributed by atoms with Crippen LogP contribution in [0.1, 0.15) is 11.1 Å². The zero-order valence-corrected chi connectivity index (χ0v) is 9.44. The maximum absolute atomic E-state index is 5.55. The van der Waals surface area contributed by atoms with Crippen LogP contribution in [0, 0.1) is 0 Å². The van der Waals surface area contributed by atoms with Crippen molar-refractivity contribution < 1.29 is 0 Å². The molecule has 0 aliphatic rings. The first-order chi connectivity index (χ1) is 5.86. The lowest BCUT2D eigenvalue weighted by atomic mass is 10.2. The summed E-state index contributed by atoms with van der Waals surface area (Å²) in [6.07, 6.45) is 0. The zero-order chi connectivity index (χ0) is 8.81. The van der Waals surface area contributed by atoms with E-state index < -0.39 is 0 Å². The van der Waals surface area contributed by atoms with Crippen molar-refractivity contribution in [1.82, 2.24) is 0 Å². The van der Waals surface area contributed by atoms with Crippen molar-refractivity contribution in [3.05, 3.63) is 35.4 Å². The third kappa shape index (κ3) is 3.48. The van der Waals surface area contributed by atoms with Crippen molar-refractivity contribution in [2.24, 2.45) is 0 Å². The third-order valence-corrected chi connectivity index (χ3v) is 2.97. The molecule has 0 unspecified atom stereocenters. The van der Waals surface area contributed by atoms with Gasteiger partial charge in [-0.25, -0.2) is 0 Å². The molecule has 0 aliphatic heterocycles. The Kier molecular flexibility index (Phi) is 5.32. The van der Waals surface area contributed by atoms with E-state index in [-0.39, 0.29) is 0 Å². The van der Waals surface area contributed by atoms with Gasteiger partial charge < -0.3 is 0 Å². The molecule has 0 nitrogen and oxygen atoms in total. The molecule has 0 radical (unpaired) electrons. The molecular formula is C8H8Cl2S2. The first kappa shape index (κ1) is 10.6. The molecule has 1 rings (SSSR count). The van der Waals surface area contributed by atoms with Crippen LogP contribution in [0.25, 0.3) is 0 Å². The molecule has 1 aromatic rings. The van der Waals surface area contributed by atoms with Crippen LogP contribution in [0.4, 0.5) is 0 Å². The Morgan fingerprint density at radius 1 is 1.00 bits per heavy atom. The molecule has 0 amide bonds.